The molecule has 8 heteroatoms. The van der Waals surface area contributed by atoms with Crippen LogP contribution in [0.5, 0.6) is 11.5 Å². The van der Waals surface area contributed by atoms with Crippen LogP contribution in [0.2, 0.25) is 0 Å². The van der Waals surface area contributed by atoms with Crippen LogP contribution < -0.4 is 20.1 Å². The highest BCUT2D eigenvalue weighted by Crippen LogP contribution is 2.32. The fourth-order valence-corrected chi connectivity index (χ4v) is 2.08. The maximum atomic E-state index is 11.9. The third kappa shape index (κ3) is 3.79. The second-order valence-electron chi connectivity index (χ2n) is 4.95. The number of aromatic nitrogens is 1. The number of rotatable bonds is 4. The molecule has 0 bridgehead atoms. The molecule has 0 saturated carbocycles. The molecular weight excluding hydrogens is 302 g/mol. The van der Waals surface area contributed by atoms with Gasteiger partial charge in [-0.05, 0) is 19.1 Å². The van der Waals surface area contributed by atoms with Crippen molar-refractivity contribution in [1.29, 1.82) is 0 Å². The Balaban J connectivity index is 1.55. The van der Waals surface area contributed by atoms with Crippen molar-refractivity contribution in [3.63, 3.8) is 0 Å². The van der Waals surface area contributed by atoms with Gasteiger partial charge in [-0.25, -0.2) is 0 Å². The number of aryl methyl sites for hydroxylation is 1. The van der Waals surface area contributed by atoms with Gasteiger partial charge in [0.25, 0.3) is 0 Å². The highest BCUT2D eigenvalue weighted by molar-refractivity contribution is 6.07. The molecule has 0 spiro atoms. The molecule has 1 aliphatic rings. The summed E-state index contributed by atoms with van der Waals surface area (Å²) in [5.41, 5.74) is 0.532. The van der Waals surface area contributed by atoms with E-state index in [4.69, 9.17) is 14.0 Å². The van der Waals surface area contributed by atoms with Gasteiger partial charge in [0.05, 0.1) is 0 Å². The Morgan fingerprint density at radius 1 is 1.09 bits per heavy atom. The molecule has 0 saturated heterocycles. The zero-order valence-electron chi connectivity index (χ0n) is 12.4. The van der Waals surface area contributed by atoms with Gasteiger partial charge in [0.2, 0.25) is 11.8 Å². The predicted octanol–water partition coefficient (Wildman–Crippen LogP) is 1.72. The zero-order valence-corrected chi connectivity index (χ0v) is 12.4. The number of ether oxygens (including phenoxy) is 2. The van der Waals surface area contributed by atoms with Crippen LogP contribution in [0.3, 0.4) is 0 Å². The lowest BCUT2D eigenvalue weighted by Crippen LogP contribution is -2.22. The summed E-state index contributed by atoms with van der Waals surface area (Å²) in [5.74, 6) is 1.12. The number of nitrogens with zero attached hydrogens (tertiary/aromatic N) is 1. The number of amides is 2. The Morgan fingerprint density at radius 2 is 1.83 bits per heavy atom. The van der Waals surface area contributed by atoms with E-state index >= 15 is 0 Å². The topological polar surface area (TPSA) is 103 Å². The van der Waals surface area contributed by atoms with Gasteiger partial charge in [0.1, 0.15) is 25.4 Å². The van der Waals surface area contributed by atoms with Crippen molar-refractivity contribution in [2.24, 2.45) is 0 Å². The molecule has 23 heavy (non-hydrogen) atoms. The number of fused-ring (bicyclic) bond motifs is 1. The van der Waals surface area contributed by atoms with E-state index in [1.54, 1.807) is 31.2 Å². The molecule has 0 unspecified atom stereocenters. The highest BCUT2D eigenvalue weighted by Gasteiger charge is 2.15. The van der Waals surface area contributed by atoms with E-state index < -0.39 is 11.8 Å². The lowest BCUT2D eigenvalue weighted by Gasteiger charge is -2.18. The SMILES string of the molecule is Cc1cc(NC(=O)CC(=O)Nc2ccc3c(c2)OCCO3)no1. The summed E-state index contributed by atoms with van der Waals surface area (Å²) < 4.78 is 15.7. The van der Waals surface area contributed by atoms with Crippen molar-refractivity contribution >= 4 is 23.3 Å². The maximum absolute atomic E-state index is 11.9. The summed E-state index contributed by atoms with van der Waals surface area (Å²) in [5, 5.41) is 8.74. The number of nitrogens with one attached hydrogen (secondary N) is 2. The Bertz CT molecular complexity index is 740. The van der Waals surface area contributed by atoms with Crippen molar-refractivity contribution in [2.45, 2.75) is 13.3 Å². The minimum atomic E-state index is -0.478. The van der Waals surface area contributed by atoms with Gasteiger partial charge in [-0.1, -0.05) is 5.16 Å². The monoisotopic (exact) mass is 317 g/mol. The van der Waals surface area contributed by atoms with Crippen molar-refractivity contribution in [3.8, 4) is 11.5 Å². The first-order valence-electron chi connectivity index (χ1n) is 7.03. The smallest absolute Gasteiger partial charge is 0.235 e. The molecule has 2 N–H and O–H groups in total. The molecule has 2 amide bonds. The summed E-state index contributed by atoms with van der Waals surface area (Å²) in [6.45, 7) is 2.67. The second kappa shape index (κ2) is 6.39. The predicted molar refractivity (Wildman–Crippen MR) is 80.5 cm³/mol. The van der Waals surface area contributed by atoms with Crippen molar-refractivity contribution in [3.05, 3.63) is 30.0 Å². The zero-order chi connectivity index (χ0) is 16.2. The van der Waals surface area contributed by atoms with Gasteiger partial charge in [0, 0.05) is 17.8 Å². The Labute approximate surface area is 131 Å². The quantitative estimate of drug-likeness (QED) is 0.832. The summed E-state index contributed by atoms with van der Waals surface area (Å²) >= 11 is 0. The first-order chi connectivity index (χ1) is 11.1. The van der Waals surface area contributed by atoms with Crippen molar-refractivity contribution in [1.82, 2.24) is 5.16 Å². The minimum absolute atomic E-state index is 0.277. The lowest BCUT2D eigenvalue weighted by molar-refractivity contribution is -0.123. The normalized spacial score (nSPS) is 12.6. The van der Waals surface area contributed by atoms with E-state index in [1.807, 2.05) is 0 Å². The molecule has 2 heterocycles. The molecule has 120 valence electrons. The molecule has 0 atom stereocenters. The molecule has 2 aromatic rings. The van der Waals surface area contributed by atoms with Crippen molar-refractivity contribution in [2.75, 3.05) is 23.8 Å². The van der Waals surface area contributed by atoms with Crippen LogP contribution in [0.1, 0.15) is 12.2 Å². The number of carbonyl (C=O) groups is 2. The van der Waals surface area contributed by atoms with E-state index in [2.05, 4.69) is 15.8 Å². The van der Waals surface area contributed by atoms with Crippen LogP contribution in [0.15, 0.2) is 28.8 Å². The number of anilines is 2. The van der Waals surface area contributed by atoms with Crippen LogP contribution >= 0.6 is 0 Å². The van der Waals surface area contributed by atoms with E-state index in [0.29, 0.717) is 36.2 Å². The van der Waals surface area contributed by atoms with E-state index in [1.165, 1.54) is 0 Å². The highest BCUT2D eigenvalue weighted by atomic mass is 16.6. The molecule has 3 rings (SSSR count). The van der Waals surface area contributed by atoms with Crippen LogP contribution in [0, 0.1) is 6.92 Å². The van der Waals surface area contributed by atoms with Crippen LogP contribution in [0.4, 0.5) is 11.5 Å². The molecule has 1 aromatic carbocycles. The first kappa shape index (κ1) is 14.9. The third-order valence-electron chi connectivity index (χ3n) is 3.04. The van der Waals surface area contributed by atoms with E-state index in [-0.39, 0.29) is 12.2 Å². The average Bonchev–Trinajstić information content (AvgIpc) is 2.91. The molecule has 1 aromatic heterocycles. The number of hydrogen-bond donors (Lipinski definition) is 2. The molecule has 0 aliphatic carbocycles. The van der Waals surface area contributed by atoms with Gasteiger partial charge in [-0.3, -0.25) is 9.59 Å². The molecule has 1 aliphatic heterocycles. The number of benzene rings is 1. The molecular formula is C15H15N3O5. The summed E-state index contributed by atoms with van der Waals surface area (Å²) in [6.07, 6.45) is -0.333. The molecule has 0 radical (unpaired) electrons. The standard InChI is InChI=1S/C15H15N3O5/c1-9-6-13(18-23-9)17-15(20)8-14(19)16-10-2-3-11-12(7-10)22-5-4-21-11/h2-3,6-7H,4-5,8H2,1H3,(H,16,19)(H,17,18,20). The van der Waals surface area contributed by atoms with Crippen LogP contribution in [-0.4, -0.2) is 30.2 Å². The fourth-order valence-electron chi connectivity index (χ4n) is 2.08. The Hall–Kier alpha value is -3.03. The molecule has 0 fully saturated rings. The van der Waals surface area contributed by atoms with E-state index in [9.17, 15) is 9.59 Å². The Kier molecular flexibility index (Phi) is 4.13. The number of carbonyl (C=O) groups excluding carboxylic acids is 2. The number of hydrogen-bond acceptors (Lipinski definition) is 6. The van der Waals surface area contributed by atoms with Gasteiger partial charge < -0.3 is 24.6 Å². The summed E-state index contributed by atoms with van der Waals surface area (Å²) in [4.78, 5) is 23.7. The summed E-state index contributed by atoms with van der Waals surface area (Å²) in [6, 6.07) is 6.62. The second-order valence-corrected chi connectivity index (χ2v) is 4.95. The fraction of sp³-hybridized carbons (Fsp3) is 0.267. The van der Waals surface area contributed by atoms with Crippen LogP contribution in [0.25, 0.3) is 0 Å². The lowest BCUT2D eigenvalue weighted by atomic mass is 10.2. The van der Waals surface area contributed by atoms with Crippen molar-refractivity contribution < 1.29 is 23.6 Å². The largest absolute Gasteiger partial charge is 0.486 e. The van der Waals surface area contributed by atoms with Gasteiger partial charge in [-0.15, -0.1) is 0 Å². The maximum Gasteiger partial charge on any atom is 0.235 e. The van der Waals surface area contributed by atoms with Crippen LogP contribution in [-0.2, 0) is 9.59 Å². The summed E-state index contributed by atoms with van der Waals surface area (Å²) in [7, 11) is 0. The van der Waals surface area contributed by atoms with Gasteiger partial charge in [0.15, 0.2) is 17.3 Å². The molecule has 8 nitrogen and oxygen atoms in total. The van der Waals surface area contributed by atoms with Gasteiger partial charge >= 0.3 is 0 Å². The van der Waals surface area contributed by atoms with Gasteiger partial charge in [-0.2, -0.15) is 0 Å². The first-order valence-corrected chi connectivity index (χ1v) is 7.03. The third-order valence-corrected chi connectivity index (χ3v) is 3.04. The average molecular weight is 317 g/mol. The minimum Gasteiger partial charge on any atom is -0.486 e. The Morgan fingerprint density at radius 3 is 2.57 bits per heavy atom. The van der Waals surface area contributed by atoms with E-state index in [0.717, 1.165) is 0 Å².